The molecule has 5 heteroatoms. The maximum atomic E-state index is 5.69. The molecule has 1 aromatic rings. The molecule has 1 aliphatic rings. The van der Waals surface area contributed by atoms with Crippen LogP contribution in [0, 0.1) is 11.8 Å². The molecule has 0 spiro atoms. The molecule has 2 N–H and O–H groups in total. The monoisotopic (exact) mass is 224 g/mol. The van der Waals surface area contributed by atoms with Gasteiger partial charge in [0.2, 0.25) is 5.89 Å². The maximum absolute atomic E-state index is 5.69. The van der Waals surface area contributed by atoms with Gasteiger partial charge in [0.25, 0.3) is 0 Å². The van der Waals surface area contributed by atoms with Crippen LogP contribution in [-0.4, -0.2) is 23.3 Å². The number of aromatic nitrogens is 2. The summed E-state index contributed by atoms with van der Waals surface area (Å²) in [4.78, 5) is 2.16. The Hall–Kier alpha value is -1.10. The average molecular weight is 224 g/mol. The van der Waals surface area contributed by atoms with Crippen LogP contribution in [0.25, 0.3) is 0 Å². The zero-order chi connectivity index (χ0) is 11.7. The van der Waals surface area contributed by atoms with E-state index in [1.165, 1.54) is 6.42 Å². The van der Waals surface area contributed by atoms with Gasteiger partial charge in [-0.2, -0.15) is 0 Å². The summed E-state index contributed by atoms with van der Waals surface area (Å²) < 4.78 is 5.54. The molecular formula is C11H20N4O. The third-order valence-electron chi connectivity index (χ3n) is 3.26. The molecule has 1 aliphatic heterocycles. The number of rotatable bonds is 3. The minimum absolute atomic E-state index is 0.190. The van der Waals surface area contributed by atoms with Gasteiger partial charge in [0, 0.05) is 13.1 Å². The molecule has 5 nitrogen and oxygen atoms in total. The molecule has 1 fully saturated rings. The molecule has 2 rings (SSSR count). The Morgan fingerprint density at radius 3 is 2.62 bits per heavy atom. The molecule has 0 amide bonds. The molecule has 90 valence electrons. The lowest BCUT2D eigenvalue weighted by atomic mass is 9.95. The Balaban J connectivity index is 2.03. The predicted octanol–water partition coefficient (Wildman–Crippen LogP) is 1.57. The van der Waals surface area contributed by atoms with Crippen LogP contribution in [0.5, 0.6) is 0 Å². The maximum Gasteiger partial charge on any atom is 0.318 e. The highest BCUT2D eigenvalue weighted by Crippen LogP contribution is 2.27. The van der Waals surface area contributed by atoms with E-state index in [2.05, 4.69) is 28.9 Å². The van der Waals surface area contributed by atoms with Crippen LogP contribution >= 0.6 is 0 Å². The first-order valence-electron chi connectivity index (χ1n) is 5.92. The number of nitrogens with two attached hydrogens (primary N) is 1. The van der Waals surface area contributed by atoms with Gasteiger partial charge >= 0.3 is 6.01 Å². The summed E-state index contributed by atoms with van der Waals surface area (Å²) in [5.74, 6) is 1.95. The summed E-state index contributed by atoms with van der Waals surface area (Å²) in [5, 5.41) is 7.99. The Bertz CT molecular complexity index is 348. The van der Waals surface area contributed by atoms with E-state index in [1.54, 1.807) is 0 Å². The largest absolute Gasteiger partial charge is 0.406 e. The summed E-state index contributed by atoms with van der Waals surface area (Å²) in [5.41, 5.74) is 5.69. The van der Waals surface area contributed by atoms with Gasteiger partial charge in [0.1, 0.15) is 0 Å². The van der Waals surface area contributed by atoms with E-state index in [9.17, 15) is 0 Å². The summed E-state index contributed by atoms with van der Waals surface area (Å²) in [6.45, 7) is 8.38. The van der Waals surface area contributed by atoms with Crippen LogP contribution in [0.15, 0.2) is 4.42 Å². The van der Waals surface area contributed by atoms with Crippen molar-refractivity contribution in [2.45, 2.75) is 33.2 Å². The molecule has 2 heterocycles. The topological polar surface area (TPSA) is 68.2 Å². The standard InChI is InChI=1S/C11H20N4O/c1-7(2)9-4-5-15(6-9)11-14-13-10(16-11)8(3)12/h7-9H,4-6,12H2,1-3H3. The van der Waals surface area contributed by atoms with E-state index in [0.717, 1.165) is 19.0 Å². The van der Waals surface area contributed by atoms with Crippen molar-refractivity contribution < 1.29 is 4.42 Å². The Morgan fingerprint density at radius 1 is 1.38 bits per heavy atom. The summed E-state index contributed by atoms with van der Waals surface area (Å²) in [6.07, 6.45) is 1.20. The first-order chi connectivity index (χ1) is 7.58. The fourth-order valence-corrected chi connectivity index (χ4v) is 2.04. The van der Waals surface area contributed by atoms with Gasteiger partial charge in [-0.25, -0.2) is 0 Å². The lowest BCUT2D eigenvalue weighted by molar-refractivity contribution is 0.417. The van der Waals surface area contributed by atoms with Crippen molar-refractivity contribution in [3.05, 3.63) is 5.89 Å². The molecule has 0 bridgehead atoms. The molecule has 0 saturated carbocycles. The van der Waals surface area contributed by atoms with Crippen molar-refractivity contribution in [1.29, 1.82) is 0 Å². The zero-order valence-electron chi connectivity index (χ0n) is 10.2. The Morgan fingerprint density at radius 2 is 2.12 bits per heavy atom. The van der Waals surface area contributed by atoms with Gasteiger partial charge in [-0.1, -0.05) is 18.9 Å². The summed E-state index contributed by atoms with van der Waals surface area (Å²) >= 11 is 0. The second-order valence-corrected chi connectivity index (χ2v) is 4.95. The quantitative estimate of drug-likeness (QED) is 0.844. The van der Waals surface area contributed by atoms with Crippen molar-refractivity contribution in [2.24, 2.45) is 17.6 Å². The van der Waals surface area contributed by atoms with Crippen LogP contribution in [-0.2, 0) is 0 Å². The first-order valence-corrected chi connectivity index (χ1v) is 5.92. The molecule has 1 aromatic heterocycles. The molecule has 0 aromatic carbocycles. The van der Waals surface area contributed by atoms with E-state index >= 15 is 0 Å². The average Bonchev–Trinajstić information content (AvgIpc) is 2.86. The van der Waals surface area contributed by atoms with Crippen molar-refractivity contribution >= 4 is 6.01 Å². The minimum atomic E-state index is -0.190. The smallest absolute Gasteiger partial charge is 0.318 e. The minimum Gasteiger partial charge on any atom is -0.406 e. The van der Waals surface area contributed by atoms with Crippen molar-refractivity contribution in [2.75, 3.05) is 18.0 Å². The molecule has 1 saturated heterocycles. The molecule has 2 unspecified atom stereocenters. The second-order valence-electron chi connectivity index (χ2n) is 4.95. The number of nitrogens with zero attached hydrogens (tertiary/aromatic N) is 3. The lowest BCUT2D eigenvalue weighted by Gasteiger charge is -2.15. The number of hydrogen-bond acceptors (Lipinski definition) is 5. The molecule has 0 aliphatic carbocycles. The van der Waals surface area contributed by atoms with E-state index in [0.29, 0.717) is 17.8 Å². The van der Waals surface area contributed by atoms with E-state index in [1.807, 2.05) is 6.92 Å². The highest BCUT2D eigenvalue weighted by atomic mass is 16.4. The highest BCUT2D eigenvalue weighted by molar-refractivity contribution is 5.26. The second kappa shape index (κ2) is 4.41. The van der Waals surface area contributed by atoms with Crippen LogP contribution in [0.4, 0.5) is 6.01 Å². The lowest BCUT2D eigenvalue weighted by Crippen LogP contribution is -2.21. The fraction of sp³-hybridized carbons (Fsp3) is 0.818. The van der Waals surface area contributed by atoms with Gasteiger partial charge in [-0.3, -0.25) is 0 Å². The van der Waals surface area contributed by atoms with E-state index in [-0.39, 0.29) is 6.04 Å². The zero-order valence-corrected chi connectivity index (χ0v) is 10.2. The molecule has 0 radical (unpaired) electrons. The Kier molecular flexibility index (Phi) is 3.14. The van der Waals surface area contributed by atoms with Gasteiger partial charge in [0.05, 0.1) is 6.04 Å². The SMILES string of the molecule is CC(N)c1nnc(N2CCC(C(C)C)C2)o1. The van der Waals surface area contributed by atoms with Gasteiger partial charge in [-0.05, 0) is 25.2 Å². The van der Waals surface area contributed by atoms with Crippen molar-refractivity contribution in [1.82, 2.24) is 10.2 Å². The molecular weight excluding hydrogens is 204 g/mol. The van der Waals surface area contributed by atoms with Crippen LogP contribution in [0.3, 0.4) is 0 Å². The van der Waals surface area contributed by atoms with Crippen LogP contribution < -0.4 is 10.6 Å². The normalized spacial score (nSPS) is 23.1. The van der Waals surface area contributed by atoms with E-state index in [4.69, 9.17) is 10.2 Å². The van der Waals surface area contributed by atoms with Crippen molar-refractivity contribution in [3.8, 4) is 0 Å². The third kappa shape index (κ3) is 2.19. The summed E-state index contributed by atoms with van der Waals surface area (Å²) in [6, 6.07) is 0.431. The number of hydrogen-bond donors (Lipinski definition) is 1. The third-order valence-corrected chi connectivity index (χ3v) is 3.26. The predicted molar refractivity (Wildman–Crippen MR) is 62.1 cm³/mol. The van der Waals surface area contributed by atoms with E-state index < -0.39 is 0 Å². The van der Waals surface area contributed by atoms with Gasteiger partial charge in [0.15, 0.2) is 0 Å². The first kappa shape index (κ1) is 11.4. The van der Waals surface area contributed by atoms with Crippen LogP contribution in [0.2, 0.25) is 0 Å². The van der Waals surface area contributed by atoms with Crippen molar-refractivity contribution in [3.63, 3.8) is 0 Å². The molecule has 2 atom stereocenters. The highest BCUT2D eigenvalue weighted by Gasteiger charge is 2.28. The fourth-order valence-electron chi connectivity index (χ4n) is 2.04. The van der Waals surface area contributed by atoms with Crippen LogP contribution in [0.1, 0.15) is 39.1 Å². The Labute approximate surface area is 96.0 Å². The summed E-state index contributed by atoms with van der Waals surface area (Å²) in [7, 11) is 0. The van der Waals surface area contributed by atoms with Gasteiger partial charge < -0.3 is 15.1 Å². The number of anilines is 1. The van der Waals surface area contributed by atoms with Gasteiger partial charge in [-0.15, -0.1) is 5.10 Å². The molecule has 16 heavy (non-hydrogen) atoms.